The molecule has 2 rings (SSSR count). The maximum atomic E-state index is 6.08. The minimum absolute atomic E-state index is 0.0384. The van der Waals surface area contributed by atoms with Crippen molar-refractivity contribution in [2.24, 2.45) is 5.73 Å². The van der Waals surface area contributed by atoms with Crippen LogP contribution in [-0.4, -0.2) is 21.1 Å². The lowest BCUT2D eigenvalue weighted by Gasteiger charge is -2.31. The predicted molar refractivity (Wildman–Crippen MR) is 79.2 cm³/mol. The predicted octanol–water partition coefficient (Wildman–Crippen LogP) is 3.03. The van der Waals surface area contributed by atoms with Gasteiger partial charge in [0.25, 0.3) is 0 Å². The lowest BCUT2D eigenvalue weighted by molar-refractivity contribution is 0.359. The molecule has 0 fully saturated rings. The zero-order valence-electron chi connectivity index (χ0n) is 12.3. The first-order chi connectivity index (χ1) is 9.09. The smallest absolute Gasteiger partial charge is 0.117 e. The van der Waals surface area contributed by atoms with Crippen LogP contribution < -0.4 is 5.73 Å². The molecule has 19 heavy (non-hydrogen) atoms. The summed E-state index contributed by atoms with van der Waals surface area (Å²) in [6.07, 6.45) is 5.67. The Hall–Kier alpha value is -1.42. The van der Waals surface area contributed by atoms with E-state index in [1.807, 2.05) is 18.5 Å². The highest BCUT2D eigenvalue weighted by Crippen LogP contribution is 2.34. The van der Waals surface area contributed by atoms with Gasteiger partial charge in [0.1, 0.15) is 11.3 Å². The molecular formula is C15H24N4. The first-order valence-corrected chi connectivity index (χ1v) is 7.12. The molecule has 0 unspecified atom stereocenters. The highest BCUT2D eigenvalue weighted by molar-refractivity contribution is 5.75. The van der Waals surface area contributed by atoms with Gasteiger partial charge in [0.05, 0.1) is 11.7 Å². The van der Waals surface area contributed by atoms with Gasteiger partial charge in [-0.05, 0) is 32.8 Å². The van der Waals surface area contributed by atoms with Crippen molar-refractivity contribution < 1.29 is 0 Å². The number of aromatic nitrogens is 3. The number of imidazole rings is 1. The lowest BCUT2D eigenvalue weighted by Crippen LogP contribution is -2.37. The number of hydrogen-bond donors (Lipinski definition) is 1. The van der Waals surface area contributed by atoms with E-state index in [4.69, 9.17) is 10.7 Å². The van der Waals surface area contributed by atoms with Gasteiger partial charge >= 0.3 is 0 Å². The van der Waals surface area contributed by atoms with Crippen LogP contribution in [0.1, 0.15) is 52.4 Å². The fraction of sp³-hybridized carbons (Fsp3) is 0.600. The van der Waals surface area contributed by atoms with Crippen molar-refractivity contribution in [1.82, 2.24) is 14.5 Å². The minimum Gasteiger partial charge on any atom is -0.329 e. The Bertz CT molecular complexity index is 544. The Morgan fingerprint density at radius 2 is 2.00 bits per heavy atom. The molecule has 2 aromatic rings. The average molecular weight is 260 g/mol. The van der Waals surface area contributed by atoms with E-state index in [2.05, 4.69) is 37.2 Å². The van der Waals surface area contributed by atoms with E-state index in [0.29, 0.717) is 12.6 Å². The van der Waals surface area contributed by atoms with Gasteiger partial charge in [-0.1, -0.05) is 13.8 Å². The number of nitrogens with zero attached hydrogens (tertiary/aromatic N) is 3. The van der Waals surface area contributed by atoms with Gasteiger partial charge in [-0.25, -0.2) is 4.98 Å². The summed E-state index contributed by atoms with van der Waals surface area (Å²) < 4.78 is 2.32. The summed E-state index contributed by atoms with van der Waals surface area (Å²) in [6, 6.07) is 2.41. The molecule has 0 atom stereocenters. The summed E-state index contributed by atoms with van der Waals surface area (Å²) in [5, 5.41) is 0. The summed E-state index contributed by atoms with van der Waals surface area (Å²) in [5.41, 5.74) is 8.16. The van der Waals surface area contributed by atoms with E-state index in [9.17, 15) is 0 Å². The lowest BCUT2D eigenvalue weighted by atomic mass is 9.81. The minimum atomic E-state index is -0.0384. The third-order valence-electron chi connectivity index (χ3n) is 4.23. The van der Waals surface area contributed by atoms with E-state index in [1.165, 1.54) is 0 Å². The third kappa shape index (κ3) is 2.14. The first-order valence-electron chi connectivity index (χ1n) is 7.12. The number of fused-ring (bicyclic) bond motifs is 1. The number of rotatable bonds is 5. The second kappa shape index (κ2) is 5.29. The van der Waals surface area contributed by atoms with Crippen LogP contribution in [-0.2, 0) is 5.41 Å². The summed E-state index contributed by atoms with van der Waals surface area (Å²) in [6.45, 7) is 9.40. The number of hydrogen-bond acceptors (Lipinski definition) is 3. The second-order valence-electron chi connectivity index (χ2n) is 5.46. The van der Waals surface area contributed by atoms with Crippen LogP contribution >= 0.6 is 0 Å². The Morgan fingerprint density at radius 3 is 2.53 bits per heavy atom. The van der Waals surface area contributed by atoms with Crippen LogP contribution in [0.15, 0.2) is 18.5 Å². The molecule has 0 aliphatic rings. The van der Waals surface area contributed by atoms with Crippen molar-refractivity contribution in [3.63, 3.8) is 0 Å². The van der Waals surface area contributed by atoms with E-state index in [1.54, 1.807) is 0 Å². The Morgan fingerprint density at radius 1 is 1.32 bits per heavy atom. The largest absolute Gasteiger partial charge is 0.329 e. The molecule has 4 heteroatoms. The van der Waals surface area contributed by atoms with Gasteiger partial charge in [-0.2, -0.15) is 0 Å². The maximum absolute atomic E-state index is 6.08. The zero-order valence-corrected chi connectivity index (χ0v) is 12.3. The molecule has 0 aliphatic heterocycles. The van der Waals surface area contributed by atoms with E-state index < -0.39 is 0 Å². The van der Waals surface area contributed by atoms with E-state index in [0.717, 1.165) is 29.7 Å². The van der Waals surface area contributed by atoms with E-state index >= 15 is 0 Å². The maximum Gasteiger partial charge on any atom is 0.117 e. The summed E-state index contributed by atoms with van der Waals surface area (Å²) in [5.74, 6) is 1.11. The Labute approximate surface area is 115 Å². The topological polar surface area (TPSA) is 56.7 Å². The molecule has 2 heterocycles. The fourth-order valence-electron chi connectivity index (χ4n) is 2.79. The molecule has 0 aromatic carbocycles. The summed E-state index contributed by atoms with van der Waals surface area (Å²) in [7, 11) is 0. The highest BCUT2D eigenvalue weighted by atomic mass is 15.1. The molecule has 0 spiro atoms. The van der Waals surface area contributed by atoms with Gasteiger partial charge < -0.3 is 10.3 Å². The van der Waals surface area contributed by atoms with Gasteiger partial charge in [-0.15, -0.1) is 0 Å². The third-order valence-corrected chi connectivity index (χ3v) is 4.23. The van der Waals surface area contributed by atoms with Crippen molar-refractivity contribution in [3.05, 3.63) is 24.3 Å². The van der Waals surface area contributed by atoms with E-state index in [-0.39, 0.29) is 5.41 Å². The average Bonchev–Trinajstić information content (AvgIpc) is 2.81. The van der Waals surface area contributed by atoms with Crippen LogP contribution in [0.3, 0.4) is 0 Å². The Kier molecular flexibility index (Phi) is 3.90. The summed E-state index contributed by atoms with van der Waals surface area (Å²) in [4.78, 5) is 9.02. The van der Waals surface area contributed by atoms with Crippen LogP contribution in [0.5, 0.6) is 0 Å². The van der Waals surface area contributed by atoms with Crippen molar-refractivity contribution in [3.8, 4) is 0 Å². The molecule has 4 nitrogen and oxygen atoms in total. The Balaban J connectivity index is 2.75. The quantitative estimate of drug-likeness (QED) is 0.899. The normalized spacial score (nSPS) is 12.5. The van der Waals surface area contributed by atoms with Crippen molar-refractivity contribution in [2.45, 2.75) is 52.0 Å². The monoisotopic (exact) mass is 260 g/mol. The van der Waals surface area contributed by atoms with Crippen LogP contribution in [0.4, 0.5) is 0 Å². The highest BCUT2D eigenvalue weighted by Gasteiger charge is 2.33. The van der Waals surface area contributed by atoms with Crippen LogP contribution in [0, 0.1) is 0 Å². The van der Waals surface area contributed by atoms with Crippen molar-refractivity contribution >= 4 is 11.0 Å². The van der Waals surface area contributed by atoms with Gasteiger partial charge in [0, 0.05) is 24.2 Å². The number of nitrogens with two attached hydrogens (primary N) is 1. The molecule has 0 bridgehead atoms. The van der Waals surface area contributed by atoms with Crippen molar-refractivity contribution in [1.29, 1.82) is 0 Å². The molecule has 0 saturated carbocycles. The van der Waals surface area contributed by atoms with Gasteiger partial charge in [0.2, 0.25) is 0 Å². The number of pyridine rings is 1. The van der Waals surface area contributed by atoms with Crippen molar-refractivity contribution in [2.75, 3.05) is 6.54 Å². The first kappa shape index (κ1) is 14.0. The molecule has 0 saturated heterocycles. The second-order valence-corrected chi connectivity index (χ2v) is 5.46. The summed E-state index contributed by atoms with van der Waals surface area (Å²) >= 11 is 0. The fourth-order valence-corrected chi connectivity index (χ4v) is 2.79. The zero-order chi connectivity index (χ0) is 14.0. The van der Waals surface area contributed by atoms with Crippen LogP contribution in [0.2, 0.25) is 0 Å². The molecular weight excluding hydrogens is 236 g/mol. The SMILES string of the molecule is CCC(CC)(CN)c1nc2cnccc2n1C(C)C. The van der Waals surface area contributed by atoms with Gasteiger partial charge in [0.15, 0.2) is 0 Å². The molecule has 2 aromatic heterocycles. The van der Waals surface area contributed by atoms with Gasteiger partial charge in [-0.3, -0.25) is 4.98 Å². The van der Waals surface area contributed by atoms with Crippen LogP contribution in [0.25, 0.3) is 11.0 Å². The molecule has 0 aliphatic carbocycles. The standard InChI is InChI=1S/C15H24N4/c1-5-15(6-2,10-16)14-18-12-9-17-8-7-13(12)19(14)11(3)4/h7-9,11H,5-6,10,16H2,1-4H3. The molecule has 104 valence electrons. The molecule has 2 N–H and O–H groups in total. The molecule has 0 amide bonds. The molecule has 0 radical (unpaired) electrons.